The average Bonchev–Trinajstić information content (AvgIpc) is 3.01. The lowest BCUT2D eigenvalue weighted by Crippen LogP contribution is -2.29. The number of thiophene rings is 1. The van der Waals surface area contributed by atoms with Crippen molar-refractivity contribution in [2.45, 2.75) is 19.4 Å². The molecule has 0 spiro atoms. The number of benzene rings is 1. The molecule has 0 saturated heterocycles. The molecule has 0 saturated carbocycles. The molecule has 2 rings (SSSR count). The fourth-order valence-corrected chi connectivity index (χ4v) is 2.62. The Labute approximate surface area is 128 Å². The van der Waals surface area contributed by atoms with Gasteiger partial charge in [-0.25, -0.2) is 0 Å². The average molecular weight is 305 g/mol. The maximum Gasteiger partial charge on any atom is 0.224 e. The van der Waals surface area contributed by atoms with E-state index in [0.29, 0.717) is 13.0 Å². The Morgan fingerprint density at radius 3 is 2.71 bits per heavy atom. The molecule has 1 aromatic carbocycles. The van der Waals surface area contributed by atoms with Crippen molar-refractivity contribution in [1.29, 1.82) is 0 Å². The molecule has 2 aromatic rings. The van der Waals surface area contributed by atoms with Crippen LogP contribution >= 0.6 is 11.3 Å². The van der Waals surface area contributed by atoms with Crippen LogP contribution in [0.25, 0.3) is 0 Å². The van der Waals surface area contributed by atoms with Gasteiger partial charge in [0, 0.05) is 11.4 Å². The van der Waals surface area contributed by atoms with Gasteiger partial charge in [-0.3, -0.25) is 4.79 Å². The molecule has 1 heterocycles. The van der Waals surface area contributed by atoms with Crippen LogP contribution in [0.15, 0.2) is 41.8 Å². The molecule has 1 amide bonds. The minimum atomic E-state index is -0.644. The van der Waals surface area contributed by atoms with Crippen molar-refractivity contribution in [3.8, 4) is 5.75 Å². The SMILES string of the molecule is CCOc1ccc(CC(=O)NCC(O)c2cccs2)cc1. The third-order valence-electron chi connectivity index (χ3n) is 2.96. The highest BCUT2D eigenvalue weighted by atomic mass is 32.1. The zero-order valence-corrected chi connectivity index (χ0v) is 12.7. The summed E-state index contributed by atoms with van der Waals surface area (Å²) in [5, 5.41) is 14.5. The van der Waals surface area contributed by atoms with Crippen LogP contribution in [0.1, 0.15) is 23.5 Å². The smallest absolute Gasteiger partial charge is 0.224 e. The third-order valence-corrected chi connectivity index (χ3v) is 3.94. The molecular weight excluding hydrogens is 286 g/mol. The number of hydrogen-bond donors (Lipinski definition) is 2. The van der Waals surface area contributed by atoms with Gasteiger partial charge in [-0.1, -0.05) is 18.2 Å². The second-order valence-electron chi connectivity index (χ2n) is 4.59. The first kappa shape index (κ1) is 15.5. The molecule has 5 heteroatoms. The Bertz CT molecular complexity index is 551. The van der Waals surface area contributed by atoms with E-state index < -0.39 is 6.10 Å². The van der Waals surface area contributed by atoms with Crippen molar-refractivity contribution in [1.82, 2.24) is 5.32 Å². The van der Waals surface area contributed by atoms with Gasteiger partial charge in [0.25, 0.3) is 0 Å². The number of amides is 1. The highest BCUT2D eigenvalue weighted by Crippen LogP contribution is 2.17. The fraction of sp³-hybridized carbons (Fsp3) is 0.312. The second kappa shape index (κ2) is 7.81. The first-order valence-electron chi connectivity index (χ1n) is 6.89. The number of aliphatic hydroxyl groups is 1. The quantitative estimate of drug-likeness (QED) is 0.826. The van der Waals surface area contributed by atoms with E-state index in [1.165, 1.54) is 11.3 Å². The zero-order chi connectivity index (χ0) is 15.1. The minimum Gasteiger partial charge on any atom is -0.494 e. The number of aliphatic hydroxyl groups excluding tert-OH is 1. The molecular formula is C16H19NO3S. The van der Waals surface area contributed by atoms with Crippen molar-refractivity contribution in [3.05, 3.63) is 52.2 Å². The lowest BCUT2D eigenvalue weighted by molar-refractivity contribution is -0.120. The Morgan fingerprint density at radius 2 is 2.10 bits per heavy atom. The number of nitrogens with one attached hydrogen (secondary N) is 1. The van der Waals surface area contributed by atoms with Gasteiger partial charge in [0.05, 0.1) is 13.0 Å². The van der Waals surface area contributed by atoms with E-state index in [0.717, 1.165) is 16.2 Å². The maximum absolute atomic E-state index is 11.8. The lowest BCUT2D eigenvalue weighted by Gasteiger charge is -2.10. The highest BCUT2D eigenvalue weighted by molar-refractivity contribution is 7.10. The number of carbonyl (C=O) groups is 1. The fourth-order valence-electron chi connectivity index (χ4n) is 1.91. The van der Waals surface area contributed by atoms with Gasteiger partial charge in [-0.15, -0.1) is 11.3 Å². The zero-order valence-electron chi connectivity index (χ0n) is 11.9. The van der Waals surface area contributed by atoms with Gasteiger partial charge in [0.1, 0.15) is 11.9 Å². The maximum atomic E-state index is 11.8. The van der Waals surface area contributed by atoms with Gasteiger partial charge >= 0.3 is 0 Å². The largest absolute Gasteiger partial charge is 0.494 e. The van der Waals surface area contributed by atoms with E-state index in [4.69, 9.17) is 4.74 Å². The number of rotatable bonds is 7. The van der Waals surface area contributed by atoms with Gasteiger partial charge in [-0.2, -0.15) is 0 Å². The second-order valence-corrected chi connectivity index (χ2v) is 5.57. The van der Waals surface area contributed by atoms with Crippen LogP contribution in [0, 0.1) is 0 Å². The van der Waals surface area contributed by atoms with Crippen molar-refractivity contribution >= 4 is 17.2 Å². The molecule has 0 aliphatic rings. The molecule has 0 aliphatic carbocycles. The lowest BCUT2D eigenvalue weighted by atomic mass is 10.1. The summed E-state index contributed by atoms with van der Waals surface area (Å²) in [6, 6.07) is 11.2. The summed E-state index contributed by atoms with van der Waals surface area (Å²) in [5.41, 5.74) is 0.918. The molecule has 2 N–H and O–H groups in total. The number of ether oxygens (including phenoxy) is 1. The molecule has 1 aromatic heterocycles. The minimum absolute atomic E-state index is 0.102. The molecule has 112 valence electrons. The van der Waals surface area contributed by atoms with Gasteiger partial charge in [0.15, 0.2) is 0 Å². The van der Waals surface area contributed by atoms with Crippen molar-refractivity contribution in [2.75, 3.05) is 13.2 Å². The highest BCUT2D eigenvalue weighted by Gasteiger charge is 2.10. The molecule has 0 fully saturated rings. The van der Waals surface area contributed by atoms with Crippen molar-refractivity contribution < 1.29 is 14.6 Å². The Balaban J connectivity index is 1.78. The van der Waals surface area contributed by atoms with Crippen LogP contribution < -0.4 is 10.1 Å². The molecule has 0 bridgehead atoms. The van der Waals surface area contributed by atoms with Gasteiger partial charge < -0.3 is 15.2 Å². The summed E-state index contributed by atoms with van der Waals surface area (Å²) in [5.74, 6) is 0.699. The summed E-state index contributed by atoms with van der Waals surface area (Å²) < 4.78 is 5.35. The molecule has 0 aliphatic heterocycles. The van der Waals surface area contributed by atoms with E-state index in [-0.39, 0.29) is 12.5 Å². The predicted molar refractivity (Wildman–Crippen MR) is 83.6 cm³/mol. The molecule has 1 atom stereocenters. The van der Waals surface area contributed by atoms with Crippen molar-refractivity contribution in [3.63, 3.8) is 0 Å². The van der Waals surface area contributed by atoms with E-state index in [1.807, 2.05) is 48.7 Å². The van der Waals surface area contributed by atoms with Crippen LogP contribution in [-0.2, 0) is 11.2 Å². The summed E-state index contributed by atoms with van der Waals surface area (Å²) in [7, 11) is 0. The van der Waals surface area contributed by atoms with E-state index in [1.54, 1.807) is 0 Å². The Morgan fingerprint density at radius 1 is 1.33 bits per heavy atom. The van der Waals surface area contributed by atoms with Crippen molar-refractivity contribution in [2.24, 2.45) is 0 Å². The summed E-state index contributed by atoms with van der Waals surface area (Å²) in [6.45, 7) is 2.79. The van der Waals surface area contributed by atoms with Crippen LogP contribution in [-0.4, -0.2) is 24.2 Å². The Kier molecular flexibility index (Phi) is 5.78. The van der Waals surface area contributed by atoms with Crippen LogP contribution in [0.4, 0.5) is 0 Å². The third kappa shape index (κ3) is 4.88. The van der Waals surface area contributed by atoms with Crippen LogP contribution in [0.2, 0.25) is 0 Å². The monoisotopic (exact) mass is 305 g/mol. The van der Waals surface area contributed by atoms with E-state index >= 15 is 0 Å². The summed E-state index contributed by atoms with van der Waals surface area (Å²) >= 11 is 1.48. The van der Waals surface area contributed by atoms with Gasteiger partial charge in [0.2, 0.25) is 5.91 Å². The summed E-state index contributed by atoms with van der Waals surface area (Å²) in [6.07, 6.45) is -0.349. The van der Waals surface area contributed by atoms with Crippen LogP contribution in [0.3, 0.4) is 0 Å². The molecule has 0 radical (unpaired) electrons. The number of carbonyl (C=O) groups excluding carboxylic acids is 1. The van der Waals surface area contributed by atoms with Gasteiger partial charge in [-0.05, 0) is 36.1 Å². The summed E-state index contributed by atoms with van der Waals surface area (Å²) in [4.78, 5) is 12.7. The molecule has 21 heavy (non-hydrogen) atoms. The molecule has 4 nitrogen and oxygen atoms in total. The topological polar surface area (TPSA) is 58.6 Å². The Hall–Kier alpha value is -1.85. The standard InChI is InChI=1S/C16H19NO3S/c1-2-20-13-7-5-12(6-8-13)10-16(19)17-11-14(18)15-4-3-9-21-15/h3-9,14,18H,2,10-11H2,1H3,(H,17,19). The first-order chi connectivity index (χ1) is 10.2. The molecule has 1 unspecified atom stereocenters. The normalized spacial score (nSPS) is 11.9. The van der Waals surface area contributed by atoms with Crippen LogP contribution in [0.5, 0.6) is 5.75 Å². The predicted octanol–water partition coefficient (Wildman–Crippen LogP) is 2.54. The number of hydrogen-bond acceptors (Lipinski definition) is 4. The first-order valence-corrected chi connectivity index (χ1v) is 7.77. The van der Waals surface area contributed by atoms with E-state index in [2.05, 4.69) is 5.32 Å². The van der Waals surface area contributed by atoms with E-state index in [9.17, 15) is 9.90 Å².